The minimum atomic E-state index is -3.35. The molecular formula is C14H21ClN2O2S. The van der Waals surface area contributed by atoms with Gasteiger partial charge in [0, 0.05) is 6.04 Å². The zero-order chi connectivity index (χ0) is 13.5. The predicted molar refractivity (Wildman–Crippen MR) is 81.6 cm³/mol. The van der Waals surface area contributed by atoms with Gasteiger partial charge in [-0.05, 0) is 49.0 Å². The fourth-order valence-electron chi connectivity index (χ4n) is 2.96. The lowest BCUT2D eigenvalue weighted by Gasteiger charge is -2.09. The Morgan fingerprint density at radius 1 is 1.20 bits per heavy atom. The zero-order valence-electron chi connectivity index (χ0n) is 11.5. The van der Waals surface area contributed by atoms with Crippen LogP contribution >= 0.6 is 12.4 Å². The van der Waals surface area contributed by atoms with Crippen LogP contribution in [0.4, 0.5) is 0 Å². The van der Waals surface area contributed by atoms with Crippen molar-refractivity contribution in [1.82, 2.24) is 10.0 Å². The highest BCUT2D eigenvalue weighted by Crippen LogP contribution is 2.42. The summed E-state index contributed by atoms with van der Waals surface area (Å²) in [4.78, 5) is 0.380. The Hall–Kier alpha value is -0.620. The Morgan fingerprint density at radius 3 is 2.35 bits per heavy atom. The molecule has 2 fully saturated rings. The summed E-state index contributed by atoms with van der Waals surface area (Å²) in [6, 6.07) is 7.38. The van der Waals surface area contributed by atoms with Crippen LogP contribution in [0.15, 0.2) is 29.2 Å². The average molecular weight is 317 g/mol. The Bertz CT molecular complexity index is 549. The summed E-state index contributed by atoms with van der Waals surface area (Å²) in [6.07, 6.45) is 2.06. The minimum absolute atomic E-state index is 0. The van der Waals surface area contributed by atoms with E-state index in [1.165, 1.54) is 5.56 Å². The van der Waals surface area contributed by atoms with Crippen LogP contribution in [0.1, 0.15) is 18.9 Å². The van der Waals surface area contributed by atoms with Crippen LogP contribution in [0.5, 0.6) is 0 Å². The van der Waals surface area contributed by atoms with Crippen molar-refractivity contribution in [3.8, 4) is 0 Å². The Morgan fingerprint density at radius 2 is 1.80 bits per heavy atom. The first-order valence-corrected chi connectivity index (χ1v) is 8.42. The van der Waals surface area contributed by atoms with Gasteiger partial charge in [-0.1, -0.05) is 25.5 Å². The summed E-state index contributed by atoms with van der Waals surface area (Å²) in [5.41, 5.74) is 1.19. The van der Waals surface area contributed by atoms with Crippen molar-refractivity contribution >= 4 is 22.4 Å². The summed E-state index contributed by atoms with van der Waals surface area (Å²) in [5.74, 6) is 0.989. The number of halogens is 1. The number of piperidine rings is 1. The van der Waals surface area contributed by atoms with Crippen molar-refractivity contribution in [2.24, 2.45) is 11.8 Å². The first kappa shape index (κ1) is 15.8. The van der Waals surface area contributed by atoms with Gasteiger partial charge in [0.2, 0.25) is 10.0 Å². The van der Waals surface area contributed by atoms with Gasteiger partial charge in [-0.15, -0.1) is 12.4 Å². The molecule has 0 amide bonds. The molecule has 1 aliphatic heterocycles. The number of rotatable bonds is 5. The van der Waals surface area contributed by atoms with E-state index in [0.29, 0.717) is 16.7 Å². The van der Waals surface area contributed by atoms with E-state index in [2.05, 4.69) is 17.0 Å². The average Bonchev–Trinajstić information content (AvgIpc) is 2.84. The molecule has 4 nitrogen and oxygen atoms in total. The lowest BCUT2D eigenvalue weighted by Crippen LogP contribution is -2.32. The largest absolute Gasteiger partial charge is 0.316 e. The van der Waals surface area contributed by atoms with E-state index < -0.39 is 10.0 Å². The number of sulfonamides is 1. The molecule has 0 aromatic heterocycles. The number of hydrogen-bond donors (Lipinski definition) is 2. The third-order valence-electron chi connectivity index (χ3n) is 4.16. The molecule has 112 valence electrons. The van der Waals surface area contributed by atoms with Gasteiger partial charge in [-0.2, -0.15) is 0 Å². The normalized spacial score (nSPS) is 27.8. The van der Waals surface area contributed by atoms with Gasteiger partial charge < -0.3 is 5.32 Å². The molecule has 1 aromatic carbocycles. The number of hydrogen-bond acceptors (Lipinski definition) is 3. The van der Waals surface area contributed by atoms with Crippen LogP contribution in [0, 0.1) is 11.8 Å². The van der Waals surface area contributed by atoms with Crippen LogP contribution in [-0.4, -0.2) is 27.5 Å². The van der Waals surface area contributed by atoms with Crippen LogP contribution in [0.25, 0.3) is 0 Å². The Labute approximate surface area is 126 Å². The van der Waals surface area contributed by atoms with E-state index in [-0.39, 0.29) is 18.4 Å². The molecule has 0 radical (unpaired) electrons. The van der Waals surface area contributed by atoms with Gasteiger partial charge in [-0.25, -0.2) is 13.1 Å². The third kappa shape index (κ3) is 3.01. The van der Waals surface area contributed by atoms with Crippen LogP contribution in [-0.2, 0) is 16.4 Å². The number of benzene rings is 1. The number of fused-ring (bicyclic) bond motifs is 1. The van der Waals surface area contributed by atoms with E-state index in [0.717, 1.165) is 25.9 Å². The van der Waals surface area contributed by atoms with Crippen LogP contribution < -0.4 is 10.0 Å². The lowest BCUT2D eigenvalue weighted by molar-refractivity contribution is 0.565. The van der Waals surface area contributed by atoms with E-state index in [4.69, 9.17) is 0 Å². The predicted octanol–water partition coefficient (Wildman–Crippen LogP) is 1.56. The van der Waals surface area contributed by atoms with E-state index >= 15 is 0 Å². The maximum absolute atomic E-state index is 12.3. The summed E-state index contributed by atoms with van der Waals surface area (Å²) in [7, 11) is -3.35. The second-order valence-electron chi connectivity index (χ2n) is 5.53. The molecule has 1 aromatic rings. The molecule has 3 rings (SSSR count). The van der Waals surface area contributed by atoms with Crippen molar-refractivity contribution in [3.05, 3.63) is 29.8 Å². The maximum atomic E-state index is 12.3. The quantitative estimate of drug-likeness (QED) is 0.866. The lowest BCUT2D eigenvalue weighted by atomic mass is 10.1. The highest BCUT2D eigenvalue weighted by Gasteiger charge is 2.54. The van der Waals surface area contributed by atoms with Crippen molar-refractivity contribution in [2.75, 3.05) is 13.1 Å². The van der Waals surface area contributed by atoms with Crippen molar-refractivity contribution in [2.45, 2.75) is 30.7 Å². The van der Waals surface area contributed by atoms with E-state index in [1.807, 2.05) is 12.1 Å². The second kappa shape index (κ2) is 6.02. The molecular weight excluding hydrogens is 296 g/mol. The van der Waals surface area contributed by atoms with E-state index in [1.54, 1.807) is 12.1 Å². The molecule has 1 saturated carbocycles. The molecule has 1 saturated heterocycles. The number of aryl methyl sites for hydroxylation is 1. The smallest absolute Gasteiger partial charge is 0.240 e. The standard InChI is InChI=1S/C14H20N2O2S.ClH/c1-2-3-10-4-6-11(7-5-10)19(17,18)16-14-12-8-15-9-13(12)14;/h4-7,12-16H,2-3,8-9H2,1H3;1H. The van der Waals surface area contributed by atoms with Gasteiger partial charge in [0.15, 0.2) is 0 Å². The fourth-order valence-corrected chi connectivity index (χ4v) is 4.30. The van der Waals surface area contributed by atoms with Crippen molar-refractivity contribution in [3.63, 3.8) is 0 Å². The summed E-state index contributed by atoms with van der Waals surface area (Å²) in [6.45, 7) is 3.99. The highest BCUT2D eigenvalue weighted by atomic mass is 35.5. The molecule has 1 aliphatic carbocycles. The van der Waals surface area contributed by atoms with Crippen molar-refractivity contribution < 1.29 is 8.42 Å². The molecule has 0 bridgehead atoms. The zero-order valence-corrected chi connectivity index (χ0v) is 13.1. The molecule has 6 heteroatoms. The first-order chi connectivity index (χ1) is 9.12. The van der Waals surface area contributed by atoms with E-state index in [9.17, 15) is 8.42 Å². The van der Waals surface area contributed by atoms with Crippen LogP contribution in [0.3, 0.4) is 0 Å². The molecule has 0 spiro atoms. The molecule has 2 unspecified atom stereocenters. The second-order valence-corrected chi connectivity index (χ2v) is 7.24. The molecule has 2 N–H and O–H groups in total. The van der Waals surface area contributed by atoms with Gasteiger partial charge in [0.1, 0.15) is 0 Å². The van der Waals surface area contributed by atoms with Gasteiger partial charge >= 0.3 is 0 Å². The summed E-state index contributed by atoms with van der Waals surface area (Å²) >= 11 is 0. The fraction of sp³-hybridized carbons (Fsp3) is 0.571. The minimum Gasteiger partial charge on any atom is -0.316 e. The maximum Gasteiger partial charge on any atom is 0.240 e. The number of nitrogens with one attached hydrogen (secondary N) is 2. The topological polar surface area (TPSA) is 58.2 Å². The Balaban J connectivity index is 0.00000147. The molecule has 20 heavy (non-hydrogen) atoms. The molecule has 2 aliphatic rings. The summed E-state index contributed by atoms with van der Waals surface area (Å²) in [5, 5.41) is 3.26. The van der Waals surface area contributed by atoms with Crippen LogP contribution in [0.2, 0.25) is 0 Å². The molecule has 1 heterocycles. The monoisotopic (exact) mass is 316 g/mol. The van der Waals surface area contributed by atoms with Gasteiger partial charge in [-0.3, -0.25) is 0 Å². The first-order valence-electron chi connectivity index (χ1n) is 6.94. The SMILES string of the molecule is CCCc1ccc(S(=O)(=O)NC2C3CNCC32)cc1.Cl. The third-order valence-corrected chi connectivity index (χ3v) is 5.63. The van der Waals surface area contributed by atoms with Crippen molar-refractivity contribution in [1.29, 1.82) is 0 Å². The van der Waals surface area contributed by atoms with Gasteiger partial charge in [0.05, 0.1) is 4.90 Å². The van der Waals surface area contributed by atoms with Gasteiger partial charge in [0.25, 0.3) is 0 Å². The molecule has 2 atom stereocenters. The Kier molecular flexibility index (Phi) is 4.74. The summed E-state index contributed by atoms with van der Waals surface area (Å²) < 4.78 is 27.3. The highest BCUT2D eigenvalue weighted by molar-refractivity contribution is 7.89.